The molecule has 0 saturated carbocycles. The Morgan fingerprint density at radius 2 is 2.08 bits per heavy atom. The standard InChI is InChI=1S/C16H26N4OS.2ClH/c1-2-14-12-18-16(22-14)20-9-7-19(8-10-20)15(21)4-3-13-5-6-17-11-13;;/h12-13,17H,2-11H2,1H3;2*1H. The molecule has 3 rings (SSSR count). The number of halogens is 2. The monoisotopic (exact) mass is 394 g/mol. The van der Waals surface area contributed by atoms with Crippen LogP contribution < -0.4 is 10.2 Å². The maximum absolute atomic E-state index is 12.3. The second-order valence-corrected chi connectivity index (χ2v) is 7.32. The number of thiazole rings is 1. The summed E-state index contributed by atoms with van der Waals surface area (Å²) in [6.07, 6.45) is 6.01. The van der Waals surface area contributed by atoms with Crippen LogP contribution in [0.4, 0.5) is 5.13 Å². The summed E-state index contributed by atoms with van der Waals surface area (Å²) in [4.78, 5) is 22.5. The summed E-state index contributed by atoms with van der Waals surface area (Å²) in [7, 11) is 0. The first-order valence-electron chi connectivity index (χ1n) is 8.44. The first-order chi connectivity index (χ1) is 10.8. The molecule has 3 heterocycles. The lowest BCUT2D eigenvalue weighted by molar-refractivity contribution is -0.131. The van der Waals surface area contributed by atoms with Crippen LogP contribution in [0.15, 0.2) is 6.20 Å². The van der Waals surface area contributed by atoms with Gasteiger partial charge in [-0.05, 0) is 38.3 Å². The molecule has 0 bridgehead atoms. The van der Waals surface area contributed by atoms with Crippen molar-refractivity contribution in [1.29, 1.82) is 0 Å². The number of aryl methyl sites for hydroxylation is 1. The van der Waals surface area contributed by atoms with Gasteiger partial charge in [-0.1, -0.05) is 6.92 Å². The molecule has 1 atom stereocenters. The lowest BCUT2D eigenvalue weighted by Gasteiger charge is -2.34. The summed E-state index contributed by atoms with van der Waals surface area (Å²) in [5.41, 5.74) is 0. The predicted molar refractivity (Wildman–Crippen MR) is 105 cm³/mol. The van der Waals surface area contributed by atoms with Crippen molar-refractivity contribution in [2.75, 3.05) is 44.2 Å². The molecule has 1 aromatic rings. The van der Waals surface area contributed by atoms with E-state index >= 15 is 0 Å². The fourth-order valence-electron chi connectivity index (χ4n) is 3.20. The fourth-order valence-corrected chi connectivity index (χ4v) is 4.10. The minimum atomic E-state index is 0. The molecular weight excluding hydrogens is 367 g/mol. The van der Waals surface area contributed by atoms with Crippen molar-refractivity contribution in [3.8, 4) is 0 Å². The van der Waals surface area contributed by atoms with Crippen LogP contribution in [-0.2, 0) is 11.2 Å². The van der Waals surface area contributed by atoms with Crippen LogP contribution in [0, 0.1) is 5.92 Å². The van der Waals surface area contributed by atoms with Gasteiger partial charge in [0.2, 0.25) is 5.91 Å². The fraction of sp³-hybridized carbons (Fsp3) is 0.750. The van der Waals surface area contributed by atoms with E-state index in [9.17, 15) is 4.79 Å². The molecule has 5 nitrogen and oxygen atoms in total. The molecule has 24 heavy (non-hydrogen) atoms. The van der Waals surface area contributed by atoms with Crippen molar-refractivity contribution < 1.29 is 4.79 Å². The SMILES string of the molecule is CCc1cnc(N2CCN(C(=O)CCC3CCNC3)CC2)s1.Cl.Cl. The predicted octanol–water partition coefficient (Wildman–Crippen LogP) is 2.59. The van der Waals surface area contributed by atoms with E-state index < -0.39 is 0 Å². The molecule has 2 saturated heterocycles. The lowest BCUT2D eigenvalue weighted by atomic mass is 10.0. The zero-order valence-electron chi connectivity index (χ0n) is 14.2. The Morgan fingerprint density at radius 3 is 2.67 bits per heavy atom. The summed E-state index contributed by atoms with van der Waals surface area (Å²) in [5.74, 6) is 1.04. The number of aromatic nitrogens is 1. The smallest absolute Gasteiger partial charge is 0.222 e. The van der Waals surface area contributed by atoms with Crippen LogP contribution in [0.2, 0.25) is 0 Å². The van der Waals surface area contributed by atoms with Crippen LogP contribution in [0.25, 0.3) is 0 Å². The Labute approximate surface area is 161 Å². The third kappa shape index (κ3) is 5.48. The molecule has 1 unspecified atom stereocenters. The summed E-state index contributed by atoms with van der Waals surface area (Å²) in [6, 6.07) is 0. The largest absolute Gasteiger partial charge is 0.345 e. The molecule has 138 valence electrons. The number of anilines is 1. The van der Waals surface area contributed by atoms with E-state index in [1.165, 1.54) is 11.3 Å². The third-order valence-electron chi connectivity index (χ3n) is 4.72. The van der Waals surface area contributed by atoms with Gasteiger partial charge in [-0.25, -0.2) is 4.98 Å². The van der Waals surface area contributed by atoms with Gasteiger partial charge in [0.1, 0.15) is 0 Å². The quantitative estimate of drug-likeness (QED) is 0.833. The minimum absolute atomic E-state index is 0. The molecule has 1 N–H and O–H groups in total. The Balaban J connectivity index is 0.00000144. The molecule has 0 radical (unpaired) electrons. The first kappa shape index (κ1) is 21.5. The Bertz CT molecular complexity index is 500. The maximum Gasteiger partial charge on any atom is 0.222 e. The van der Waals surface area contributed by atoms with Crippen LogP contribution >= 0.6 is 36.2 Å². The van der Waals surface area contributed by atoms with Crippen molar-refractivity contribution in [1.82, 2.24) is 15.2 Å². The highest BCUT2D eigenvalue weighted by molar-refractivity contribution is 7.15. The number of nitrogens with one attached hydrogen (secondary N) is 1. The molecule has 0 spiro atoms. The number of carbonyl (C=O) groups excluding carboxylic acids is 1. The molecule has 0 aromatic carbocycles. The first-order valence-corrected chi connectivity index (χ1v) is 9.26. The van der Waals surface area contributed by atoms with Gasteiger partial charge in [-0.2, -0.15) is 0 Å². The second kappa shape index (κ2) is 10.4. The molecule has 2 fully saturated rings. The molecule has 2 aliphatic rings. The van der Waals surface area contributed by atoms with Gasteiger partial charge in [0.05, 0.1) is 0 Å². The average molecular weight is 395 g/mol. The van der Waals surface area contributed by atoms with Gasteiger partial charge in [0, 0.05) is 43.7 Å². The maximum atomic E-state index is 12.3. The van der Waals surface area contributed by atoms with Gasteiger partial charge in [0.25, 0.3) is 0 Å². The number of amides is 1. The molecule has 1 aromatic heterocycles. The molecule has 1 amide bonds. The molecule has 0 aliphatic carbocycles. The van der Waals surface area contributed by atoms with Gasteiger partial charge >= 0.3 is 0 Å². The van der Waals surface area contributed by atoms with E-state index in [1.54, 1.807) is 11.3 Å². The summed E-state index contributed by atoms with van der Waals surface area (Å²) in [5, 5.41) is 4.48. The zero-order chi connectivity index (χ0) is 15.4. The third-order valence-corrected chi connectivity index (χ3v) is 5.92. The summed E-state index contributed by atoms with van der Waals surface area (Å²) < 4.78 is 0. The van der Waals surface area contributed by atoms with E-state index in [1.807, 2.05) is 11.1 Å². The highest BCUT2D eigenvalue weighted by Gasteiger charge is 2.24. The van der Waals surface area contributed by atoms with Crippen molar-refractivity contribution in [3.63, 3.8) is 0 Å². The number of piperazine rings is 1. The van der Waals surface area contributed by atoms with Crippen LogP contribution in [-0.4, -0.2) is 55.1 Å². The van der Waals surface area contributed by atoms with Crippen molar-refractivity contribution in [3.05, 3.63) is 11.1 Å². The van der Waals surface area contributed by atoms with Crippen molar-refractivity contribution in [2.45, 2.75) is 32.6 Å². The number of hydrogen-bond acceptors (Lipinski definition) is 5. The van der Waals surface area contributed by atoms with E-state index in [4.69, 9.17) is 0 Å². The molecular formula is C16H28Cl2N4OS. The van der Waals surface area contributed by atoms with Gasteiger partial charge in [-0.15, -0.1) is 36.2 Å². The lowest BCUT2D eigenvalue weighted by Crippen LogP contribution is -2.48. The summed E-state index contributed by atoms with van der Waals surface area (Å²) in [6.45, 7) is 7.86. The Morgan fingerprint density at radius 1 is 1.33 bits per heavy atom. The normalized spacial score (nSPS) is 20.5. The molecule has 2 aliphatic heterocycles. The zero-order valence-corrected chi connectivity index (χ0v) is 16.6. The van der Waals surface area contributed by atoms with Crippen LogP contribution in [0.5, 0.6) is 0 Å². The van der Waals surface area contributed by atoms with Crippen LogP contribution in [0.1, 0.15) is 31.1 Å². The number of nitrogens with zero attached hydrogens (tertiary/aromatic N) is 3. The average Bonchev–Trinajstić information content (AvgIpc) is 3.24. The van der Waals surface area contributed by atoms with E-state index in [0.717, 1.165) is 57.2 Å². The van der Waals surface area contributed by atoms with E-state index in [0.29, 0.717) is 18.2 Å². The number of hydrogen-bond donors (Lipinski definition) is 1. The van der Waals surface area contributed by atoms with Gasteiger partial charge in [-0.3, -0.25) is 4.79 Å². The van der Waals surface area contributed by atoms with Gasteiger partial charge < -0.3 is 15.1 Å². The van der Waals surface area contributed by atoms with Crippen LogP contribution in [0.3, 0.4) is 0 Å². The van der Waals surface area contributed by atoms with Crippen molar-refractivity contribution in [2.24, 2.45) is 5.92 Å². The highest BCUT2D eigenvalue weighted by atomic mass is 35.5. The van der Waals surface area contributed by atoms with Gasteiger partial charge in [0.15, 0.2) is 5.13 Å². The number of rotatable bonds is 5. The Kier molecular flexibility index (Phi) is 9.34. The van der Waals surface area contributed by atoms with Crippen molar-refractivity contribution >= 4 is 47.2 Å². The topological polar surface area (TPSA) is 48.5 Å². The molecule has 8 heteroatoms. The number of carbonyl (C=O) groups is 1. The highest BCUT2D eigenvalue weighted by Crippen LogP contribution is 2.24. The Hall–Kier alpha value is -0.560. The minimum Gasteiger partial charge on any atom is -0.345 e. The van der Waals surface area contributed by atoms with E-state index in [-0.39, 0.29) is 24.8 Å². The second-order valence-electron chi connectivity index (χ2n) is 6.23. The van der Waals surface area contributed by atoms with E-state index in [2.05, 4.69) is 22.1 Å². The summed E-state index contributed by atoms with van der Waals surface area (Å²) >= 11 is 1.78.